The maximum absolute atomic E-state index is 12.3. The van der Waals surface area contributed by atoms with E-state index < -0.39 is 5.91 Å². The molecule has 110 valence electrons. The van der Waals surface area contributed by atoms with Crippen molar-refractivity contribution in [3.63, 3.8) is 0 Å². The molecule has 22 heavy (non-hydrogen) atoms. The number of H-pyrrole nitrogens is 1. The number of aromatic amines is 1. The van der Waals surface area contributed by atoms with Crippen LogP contribution in [-0.4, -0.2) is 30.7 Å². The van der Waals surface area contributed by atoms with Gasteiger partial charge in [0.05, 0.1) is 16.8 Å². The normalized spacial score (nSPS) is 10.4. The van der Waals surface area contributed by atoms with Crippen molar-refractivity contribution in [2.75, 3.05) is 5.43 Å². The molecular weight excluding hydrogens is 324 g/mol. The Bertz CT molecular complexity index is 875. The van der Waals surface area contributed by atoms with Gasteiger partial charge in [0.25, 0.3) is 5.91 Å². The van der Waals surface area contributed by atoms with E-state index >= 15 is 0 Å². The first-order valence-corrected chi connectivity index (χ1v) is 6.95. The molecule has 0 unspecified atom stereocenters. The highest BCUT2D eigenvalue weighted by atomic mass is 35.5. The fourth-order valence-corrected chi connectivity index (χ4v) is 2.19. The van der Waals surface area contributed by atoms with E-state index in [-0.39, 0.29) is 4.77 Å². The van der Waals surface area contributed by atoms with Gasteiger partial charge in [-0.3, -0.25) is 15.2 Å². The number of carbonyl (C=O) groups excluding carboxylic acids is 1. The molecule has 2 N–H and O–H groups in total. The van der Waals surface area contributed by atoms with Crippen LogP contribution in [-0.2, 0) is 0 Å². The van der Waals surface area contributed by atoms with Crippen molar-refractivity contribution in [1.29, 1.82) is 0 Å². The maximum atomic E-state index is 12.3. The van der Waals surface area contributed by atoms with E-state index in [1.165, 1.54) is 23.3 Å². The Morgan fingerprint density at radius 2 is 2.14 bits per heavy atom. The molecule has 0 saturated heterocycles. The number of hydrogen-bond donors (Lipinski definition) is 2. The highest BCUT2D eigenvalue weighted by Crippen LogP contribution is 2.16. The number of rotatable bonds is 3. The van der Waals surface area contributed by atoms with Crippen LogP contribution in [0, 0.1) is 4.77 Å². The first-order chi connectivity index (χ1) is 10.7. The molecule has 0 spiro atoms. The van der Waals surface area contributed by atoms with Crippen molar-refractivity contribution in [2.24, 2.45) is 0 Å². The average molecular weight is 333 g/mol. The van der Waals surface area contributed by atoms with Gasteiger partial charge >= 0.3 is 0 Å². The standard InChI is InChI=1S/C13H9ClN6OS/c14-9-4-2-1-3-8(9)12(21)19-20-11(17-18-13(20)22)10-7-15-5-6-16-10/h1-7H,(H,18,22)(H,19,21). The van der Waals surface area contributed by atoms with Crippen molar-refractivity contribution < 1.29 is 4.79 Å². The van der Waals surface area contributed by atoms with Gasteiger partial charge in [-0.15, -0.1) is 0 Å². The SMILES string of the molecule is O=C(Nn1c(-c2cnccn2)n[nH]c1=S)c1ccccc1Cl. The smallest absolute Gasteiger partial charge is 0.267 e. The Balaban J connectivity index is 1.97. The molecular formula is C13H9ClN6OS. The highest BCUT2D eigenvalue weighted by molar-refractivity contribution is 7.71. The molecule has 9 heteroatoms. The zero-order chi connectivity index (χ0) is 15.5. The molecule has 0 fully saturated rings. The van der Waals surface area contributed by atoms with Gasteiger partial charge in [-0.2, -0.15) is 5.10 Å². The quantitative estimate of drug-likeness (QED) is 0.719. The summed E-state index contributed by atoms with van der Waals surface area (Å²) in [6, 6.07) is 6.71. The lowest BCUT2D eigenvalue weighted by atomic mass is 10.2. The Morgan fingerprint density at radius 1 is 1.32 bits per heavy atom. The van der Waals surface area contributed by atoms with Crippen molar-refractivity contribution in [2.45, 2.75) is 0 Å². The number of benzene rings is 1. The summed E-state index contributed by atoms with van der Waals surface area (Å²) in [5.74, 6) is -0.0632. The lowest BCUT2D eigenvalue weighted by Gasteiger charge is -2.09. The minimum absolute atomic E-state index is 0.223. The first-order valence-electron chi connectivity index (χ1n) is 6.16. The van der Waals surface area contributed by atoms with Crippen molar-refractivity contribution in [3.8, 4) is 11.5 Å². The van der Waals surface area contributed by atoms with E-state index in [1.54, 1.807) is 24.3 Å². The lowest BCUT2D eigenvalue weighted by Crippen LogP contribution is -2.24. The third kappa shape index (κ3) is 2.74. The van der Waals surface area contributed by atoms with Gasteiger partial charge in [-0.1, -0.05) is 23.7 Å². The second kappa shape index (κ2) is 6.04. The fraction of sp³-hybridized carbons (Fsp3) is 0. The van der Waals surface area contributed by atoms with Crippen molar-refractivity contribution in [3.05, 3.63) is 58.2 Å². The van der Waals surface area contributed by atoms with Crippen LogP contribution in [0.4, 0.5) is 0 Å². The largest absolute Gasteiger partial charge is 0.271 e. The number of nitrogens with one attached hydrogen (secondary N) is 2. The molecule has 0 radical (unpaired) electrons. The number of halogens is 1. The van der Waals surface area contributed by atoms with E-state index in [4.69, 9.17) is 23.8 Å². The predicted octanol–water partition coefficient (Wildman–Crippen LogP) is 2.43. The Morgan fingerprint density at radius 3 is 2.86 bits per heavy atom. The van der Waals surface area contributed by atoms with E-state index in [9.17, 15) is 4.79 Å². The lowest BCUT2D eigenvalue weighted by molar-refractivity contribution is 0.101. The topological polar surface area (TPSA) is 88.5 Å². The van der Waals surface area contributed by atoms with Gasteiger partial charge in [-0.25, -0.2) is 14.8 Å². The van der Waals surface area contributed by atoms with Gasteiger partial charge in [0.15, 0.2) is 0 Å². The summed E-state index contributed by atoms with van der Waals surface area (Å²) < 4.78 is 1.55. The third-order valence-electron chi connectivity index (χ3n) is 2.80. The summed E-state index contributed by atoms with van der Waals surface area (Å²) in [5.41, 5.74) is 3.44. The van der Waals surface area contributed by atoms with E-state index in [2.05, 4.69) is 25.6 Å². The molecule has 3 aromatic rings. The molecule has 0 atom stereocenters. The van der Waals surface area contributed by atoms with Gasteiger partial charge in [0.2, 0.25) is 10.6 Å². The zero-order valence-corrected chi connectivity index (χ0v) is 12.6. The molecule has 0 aliphatic heterocycles. The van der Waals surface area contributed by atoms with Crippen molar-refractivity contribution in [1.82, 2.24) is 24.8 Å². The van der Waals surface area contributed by atoms with Crippen LogP contribution in [0.15, 0.2) is 42.9 Å². The van der Waals surface area contributed by atoms with Gasteiger partial charge in [0.1, 0.15) is 5.69 Å². The van der Waals surface area contributed by atoms with Crippen LogP contribution in [0.5, 0.6) is 0 Å². The second-order valence-corrected chi connectivity index (χ2v) is 4.99. The molecule has 0 bridgehead atoms. The van der Waals surface area contributed by atoms with E-state index in [0.717, 1.165) is 0 Å². The average Bonchev–Trinajstić information content (AvgIpc) is 2.89. The van der Waals surface area contributed by atoms with Crippen LogP contribution >= 0.6 is 23.8 Å². The summed E-state index contributed by atoms with van der Waals surface area (Å²) in [6.45, 7) is 0. The minimum Gasteiger partial charge on any atom is -0.267 e. The summed E-state index contributed by atoms with van der Waals surface area (Å²) in [5, 5.41) is 7.00. The number of aromatic nitrogens is 5. The van der Waals surface area contributed by atoms with E-state index in [0.29, 0.717) is 22.1 Å². The maximum Gasteiger partial charge on any atom is 0.271 e. The van der Waals surface area contributed by atoms with E-state index in [1.807, 2.05) is 0 Å². The first kappa shape index (κ1) is 14.4. The van der Waals surface area contributed by atoms with Gasteiger partial charge in [-0.05, 0) is 24.4 Å². The zero-order valence-electron chi connectivity index (χ0n) is 11.0. The fourth-order valence-electron chi connectivity index (χ4n) is 1.79. The van der Waals surface area contributed by atoms with Crippen molar-refractivity contribution >= 4 is 29.7 Å². The second-order valence-electron chi connectivity index (χ2n) is 4.20. The summed E-state index contributed by atoms with van der Waals surface area (Å²) in [7, 11) is 0. The molecule has 0 aliphatic rings. The molecule has 7 nitrogen and oxygen atoms in total. The molecule has 2 heterocycles. The van der Waals surface area contributed by atoms with Crippen LogP contribution in [0.2, 0.25) is 5.02 Å². The van der Waals surface area contributed by atoms with Crippen LogP contribution in [0.3, 0.4) is 0 Å². The Kier molecular flexibility index (Phi) is 3.94. The van der Waals surface area contributed by atoms with Crippen LogP contribution in [0.1, 0.15) is 10.4 Å². The molecule has 0 saturated carbocycles. The minimum atomic E-state index is -0.409. The van der Waals surface area contributed by atoms with Gasteiger partial charge in [0, 0.05) is 12.4 Å². The number of hydrogen-bond acceptors (Lipinski definition) is 5. The van der Waals surface area contributed by atoms with Crippen LogP contribution in [0.25, 0.3) is 11.5 Å². The summed E-state index contributed by atoms with van der Waals surface area (Å²) >= 11 is 11.1. The monoisotopic (exact) mass is 332 g/mol. The number of nitrogens with zero attached hydrogens (tertiary/aromatic N) is 4. The molecule has 3 rings (SSSR count). The summed E-state index contributed by atoms with van der Waals surface area (Å²) in [6.07, 6.45) is 4.58. The highest BCUT2D eigenvalue weighted by Gasteiger charge is 2.15. The van der Waals surface area contributed by atoms with Crippen LogP contribution < -0.4 is 5.43 Å². The third-order valence-corrected chi connectivity index (χ3v) is 3.40. The Hall–Kier alpha value is -2.58. The number of amides is 1. The molecule has 1 amide bonds. The number of carbonyl (C=O) groups is 1. The molecule has 1 aromatic carbocycles. The van der Waals surface area contributed by atoms with Gasteiger partial charge < -0.3 is 0 Å². The predicted molar refractivity (Wildman–Crippen MR) is 83.6 cm³/mol. The Labute approximate surface area is 135 Å². The molecule has 0 aliphatic carbocycles. The summed E-state index contributed by atoms with van der Waals surface area (Å²) in [4.78, 5) is 20.4. The molecule has 2 aromatic heterocycles.